The second kappa shape index (κ2) is 5.46. The highest BCUT2D eigenvalue weighted by molar-refractivity contribution is 9.10. The second-order valence-corrected chi connectivity index (χ2v) is 5.25. The van der Waals surface area contributed by atoms with Gasteiger partial charge in [-0.2, -0.15) is 5.26 Å². The van der Waals surface area contributed by atoms with E-state index < -0.39 is 5.82 Å². The lowest BCUT2D eigenvalue weighted by Crippen LogP contribution is -1.88. The first-order chi connectivity index (χ1) is 8.65. The predicted molar refractivity (Wildman–Crippen MR) is 71.1 cm³/mol. The van der Waals surface area contributed by atoms with Gasteiger partial charge in [0.25, 0.3) is 0 Å². The molecule has 0 aliphatic rings. The summed E-state index contributed by atoms with van der Waals surface area (Å²) in [7, 11) is 1.42. The first kappa shape index (κ1) is 13.0. The standard InChI is InChI=1S/C12H8BrFN2OS/c1-17-9-3-2-7(6-8(9)14)12-16-11(13)10(18-12)4-5-15/h2-3,6H,4H2,1H3. The maximum atomic E-state index is 13.6. The molecule has 0 saturated heterocycles. The van der Waals surface area contributed by atoms with Gasteiger partial charge in [-0.25, -0.2) is 9.37 Å². The molecule has 92 valence electrons. The molecule has 0 saturated carbocycles. The number of benzene rings is 1. The second-order valence-electron chi connectivity index (χ2n) is 3.42. The number of nitriles is 1. The maximum absolute atomic E-state index is 13.6. The molecule has 0 radical (unpaired) electrons. The summed E-state index contributed by atoms with van der Waals surface area (Å²) in [5, 5.41) is 9.34. The van der Waals surface area contributed by atoms with Crippen LogP contribution in [-0.2, 0) is 6.42 Å². The first-order valence-corrected chi connectivity index (χ1v) is 6.62. The summed E-state index contributed by atoms with van der Waals surface area (Å²) in [6, 6.07) is 6.74. The number of halogens is 2. The zero-order chi connectivity index (χ0) is 13.1. The molecule has 2 rings (SSSR count). The van der Waals surface area contributed by atoms with Crippen LogP contribution in [0.4, 0.5) is 4.39 Å². The largest absolute Gasteiger partial charge is 0.494 e. The van der Waals surface area contributed by atoms with Gasteiger partial charge in [-0.05, 0) is 34.1 Å². The molecule has 0 bridgehead atoms. The molecule has 6 heteroatoms. The number of rotatable bonds is 3. The van der Waals surface area contributed by atoms with E-state index in [1.54, 1.807) is 12.1 Å². The van der Waals surface area contributed by atoms with Gasteiger partial charge in [0.2, 0.25) is 0 Å². The Balaban J connectivity index is 2.40. The highest BCUT2D eigenvalue weighted by Crippen LogP contribution is 2.33. The number of methoxy groups -OCH3 is 1. The molecule has 1 heterocycles. The van der Waals surface area contributed by atoms with Gasteiger partial charge < -0.3 is 4.74 Å². The predicted octanol–water partition coefficient (Wildman–Crippen LogP) is 3.79. The van der Waals surface area contributed by atoms with Gasteiger partial charge in [-0.1, -0.05) is 0 Å². The Hall–Kier alpha value is -1.45. The Bertz CT molecular complexity index is 621. The molecule has 1 aromatic carbocycles. The summed E-state index contributed by atoms with van der Waals surface area (Å²) in [5.41, 5.74) is 0.670. The fourth-order valence-corrected chi connectivity index (χ4v) is 3.00. The summed E-state index contributed by atoms with van der Waals surface area (Å²) in [6.07, 6.45) is 0.289. The van der Waals surface area contributed by atoms with Crippen LogP contribution in [0.1, 0.15) is 4.88 Å². The summed E-state index contributed by atoms with van der Waals surface area (Å²) in [5.74, 6) is -0.227. The maximum Gasteiger partial charge on any atom is 0.165 e. The van der Waals surface area contributed by atoms with Gasteiger partial charge in [0.05, 0.1) is 24.5 Å². The Morgan fingerprint density at radius 2 is 2.33 bits per heavy atom. The zero-order valence-electron chi connectivity index (χ0n) is 9.41. The minimum Gasteiger partial charge on any atom is -0.494 e. The quantitative estimate of drug-likeness (QED) is 0.862. The molecule has 0 amide bonds. The van der Waals surface area contributed by atoms with E-state index in [0.717, 1.165) is 4.88 Å². The van der Waals surface area contributed by atoms with E-state index in [2.05, 4.69) is 27.0 Å². The normalized spacial score (nSPS) is 10.1. The van der Waals surface area contributed by atoms with Crippen molar-refractivity contribution < 1.29 is 9.13 Å². The van der Waals surface area contributed by atoms with Crippen LogP contribution in [0.5, 0.6) is 5.75 Å². The van der Waals surface area contributed by atoms with Crippen molar-refractivity contribution in [3.63, 3.8) is 0 Å². The molecule has 3 nitrogen and oxygen atoms in total. The van der Waals surface area contributed by atoms with Crippen LogP contribution < -0.4 is 4.74 Å². The highest BCUT2D eigenvalue weighted by Gasteiger charge is 2.12. The molecule has 0 aliphatic heterocycles. The van der Waals surface area contributed by atoms with Gasteiger partial charge in [0.1, 0.15) is 9.61 Å². The van der Waals surface area contributed by atoms with Crippen molar-refractivity contribution in [1.29, 1.82) is 5.26 Å². The minimum absolute atomic E-state index is 0.201. The van der Waals surface area contributed by atoms with E-state index in [1.165, 1.54) is 24.5 Å². The Labute approximate surface area is 116 Å². The third-order valence-electron chi connectivity index (χ3n) is 2.29. The molecule has 0 aliphatic carbocycles. The smallest absolute Gasteiger partial charge is 0.165 e. The van der Waals surface area contributed by atoms with Crippen molar-refractivity contribution in [1.82, 2.24) is 4.98 Å². The number of nitrogens with zero attached hydrogens (tertiary/aromatic N) is 2. The average molecular weight is 327 g/mol. The molecule has 1 aromatic heterocycles. The Morgan fingerprint density at radius 3 is 2.94 bits per heavy atom. The fraction of sp³-hybridized carbons (Fsp3) is 0.167. The lowest BCUT2D eigenvalue weighted by atomic mass is 10.2. The highest BCUT2D eigenvalue weighted by atomic mass is 79.9. The van der Waals surface area contributed by atoms with Crippen molar-refractivity contribution in [3.05, 3.63) is 33.5 Å². The molecule has 0 atom stereocenters. The summed E-state index contributed by atoms with van der Waals surface area (Å²) >= 11 is 4.66. The van der Waals surface area contributed by atoms with Crippen LogP contribution in [0.3, 0.4) is 0 Å². The van der Waals surface area contributed by atoms with Crippen molar-refractivity contribution in [3.8, 4) is 22.4 Å². The van der Waals surface area contributed by atoms with Crippen molar-refractivity contribution in [2.45, 2.75) is 6.42 Å². The first-order valence-electron chi connectivity index (χ1n) is 5.01. The lowest BCUT2D eigenvalue weighted by Gasteiger charge is -2.02. The van der Waals surface area contributed by atoms with Crippen LogP contribution in [0.15, 0.2) is 22.8 Å². The van der Waals surface area contributed by atoms with E-state index in [1.807, 2.05) is 0 Å². The van der Waals surface area contributed by atoms with Crippen LogP contribution >= 0.6 is 27.3 Å². The van der Waals surface area contributed by atoms with E-state index in [9.17, 15) is 4.39 Å². The Morgan fingerprint density at radius 1 is 1.56 bits per heavy atom. The summed E-state index contributed by atoms with van der Waals surface area (Å²) < 4.78 is 19.1. The SMILES string of the molecule is COc1ccc(-c2nc(Br)c(CC#N)s2)cc1F. The van der Waals surface area contributed by atoms with Gasteiger partial charge >= 0.3 is 0 Å². The number of hydrogen-bond donors (Lipinski definition) is 0. The molecule has 18 heavy (non-hydrogen) atoms. The average Bonchev–Trinajstić information content (AvgIpc) is 2.71. The molecule has 0 fully saturated rings. The van der Waals surface area contributed by atoms with Crippen LogP contribution in [0.2, 0.25) is 0 Å². The zero-order valence-corrected chi connectivity index (χ0v) is 11.8. The van der Waals surface area contributed by atoms with Gasteiger partial charge in [-0.15, -0.1) is 11.3 Å². The van der Waals surface area contributed by atoms with Crippen LogP contribution in [0, 0.1) is 17.1 Å². The molecule has 0 spiro atoms. The van der Waals surface area contributed by atoms with E-state index in [4.69, 9.17) is 10.00 Å². The summed E-state index contributed by atoms with van der Waals surface area (Å²) in [4.78, 5) is 5.11. The Kier molecular flexibility index (Phi) is 3.94. The van der Waals surface area contributed by atoms with E-state index in [-0.39, 0.29) is 12.2 Å². The molecule has 0 N–H and O–H groups in total. The van der Waals surface area contributed by atoms with Crippen molar-refractivity contribution in [2.24, 2.45) is 0 Å². The van der Waals surface area contributed by atoms with Crippen LogP contribution in [-0.4, -0.2) is 12.1 Å². The van der Waals surface area contributed by atoms with E-state index in [0.29, 0.717) is 15.2 Å². The molecule has 2 aromatic rings. The monoisotopic (exact) mass is 326 g/mol. The van der Waals surface area contributed by atoms with Crippen molar-refractivity contribution in [2.75, 3.05) is 7.11 Å². The number of thiazole rings is 1. The van der Waals surface area contributed by atoms with Gasteiger partial charge in [-0.3, -0.25) is 0 Å². The van der Waals surface area contributed by atoms with Crippen LogP contribution in [0.25, 0.3) is 10.6 Å². The third kappa shape index (κ3) is 2.52. The molecular weight excluding hydrogens is 319 g/mol. The van der Waals surface area contributed by atoms with E-state index >= 15 is 0 Å². The number of aromatic nitrogens is 1. The van der Waals surface area contributed by atoms with Crippen molar-refractivity contribution >= 4 is 27.3 Å². The lowest BCUT2D eigenvalue weighted by molar-refractivity contribution is 0.386. The minimum atomic E-state index is -0.428. The third-order valence-corrected chi connectivity index (χ3v) is 4.31. The number of ether oxygens (including phenoxy) is 1. The van der Waals surface area contributed by atoms with Gasteiger partial charge in [0, 0.05) is 5.56 Å². The molecular formula is C12H8BrFN2OS. The topological polar surface area (TPSA) is 45.9 Å². The summed E-state index contributed by atoms with van der Waals surface area (Å²) in [6.45, 7) is 0. The fourth-order valence-electron chi connectivity index (χ4n) is 1.44. The van der Waals surface area contributed by atoms with Gasteiger partial charge in [0.15, 0.2) is 11.6 Å². The number of hydrogen-bond acceptors (Lipinski definition) is 4. The molecule has 0 unspecified atom stereocenters.